The number of thiazole rings is 1. The first kappa shape index (κ1) is 14.0. The van der Waals surface area contributed by atoms with Gasteiger partial charge in [-0.1, -0.05) is 0 Å². The van der Waals surface area contributed by atoms with Crippen LogP contribution in [0, 0.1) is 12.8 Å². The SMILES string of the molecule is CCOC(=O)C1CCCN(C(=O)c2csc(C)n2)C1. The average molecular weight is 282 g/mol. The molecule has 1 aromatic heterocycles. The van der Waals surface area contributed by atoms with Crippen LogP contribution in [-0.2, 0) is 9.53 Å². The number of aryl methyl sites for hydroxylation is 1. The van der Waals surface area contributed by atoms with Crippen LogP contribution in [0.15, 0.2) is 5.38 Å². The van der Waals surface area contributed by atoms with Gasteiger partial charge >= 0.3 is 5.97 Å². The summed E-state index contributed by atoms with van der Waals surface area (Å²) in [5.41, 5.74) is 0.479. The van der Waals surface area contributed by atoms with E-state index in [2.05, 4.69) is 4.98 Å². The summed E-state index contributed by atoms with van der Waals surface area (Å²) in [7, 11) is 0. The first-order valence-electron chi connectivity index (χ1n) is 6.50. The van der Waals surface area contributed by atoms with Crippen molar-refractivity contribution in [3.63, 3.8) is 0 Å². The number of nitrogens with zero attached hydrogens (tertiary/aromatic N) is 2. The van der Waals surface area contributed by atoms with Gasteiger partial charge in [0.25, 0.3) is 5.91 Å². The lowest BCUT2D eigenvalue weighted by molar-refractivity contribution is -0.149. The van der Waals surface area contributed by atoms with Crippen LogP contribution < -0.4 is 0 Å². The zero-order valence-corrected chi connectivity index (χ0v) is 12.0. The van der Waals surface area contributed by atoms with Gasteiger partial charge in [0.05, 0.1) is 17.5 Å². The van der Waals surface area contributed by atoms with E-state index in [-0.39, 0.29) is 17.8 Å². The molecule has 1 aliphatic heterocycles. The highest BCUT2D eigenvalue weighted by atomic mass is 32.1. The predicted octanol–water partition coefficient (Wildman–Crippen LogP) is 1.87. The van der Waals surface area contributed by atoms with Crippen LogP contribution in [0.5, 0.6) is 0 Å². The van der Waals surface area contributed by atoms with E-state index in [1.807, 2.05) is 6.92 Å². The Morgan fingerprint density at radius 3 is 3.00 bits per heavy atom. The number of hydrogen-bond donors (Lipinski definition) is 0. The van der Waals surface area contributed by atoms with E-state index in [1.165, 1.54) is 11.3 Å². The molecule has 6 heteroatoms. The predicted molar refractivity (Wildman–Crippen MR) is 72.1 cm³/mol. The normalized spacial score (nSPS) is 19.3. The van der Waals surface area contributed by atoms with Gasteiger partial charge in [-0.05, 0) is 26.7 Å². The Labute approximate surface area is 116 Å². The van der Waals surface area contributed by atoms with E-state index in [9.17, 15) is 9.59 Å². The lowest BCUT2D eigenvalue weighted by Gasteiger charge is -2.31. The molecule has 0 radical (unpaired) electrons. The third-order valence-corrected chi connectivity index (χ3v) is 3.94. The number of likely N-dealkylation sites (tertiary alicyclic amines) is 1. The zero-order valence-electron chi connectivity index (χ0n) is 11.2. The molecule has 5 nitrogen and oxygen atoms in total. The fraction of sp³-hybridized carbons (Fsp3) is 0.615. The second kappa shape index (κ2) is 6.14. The van der Waals surface area contributed by atoms with Crippen molar-refractivity contribution in [1.29, 1.82) is 0 Å². The second-order valence-electron chi connectivity index (χ2n) is 4.59. The molecule has 1 aliphatic rings. The molecule has 2 heterocycles. The van der Waals surface area contributed by atoms with Crippen molar-refractivity contribution < 1.29 is 14.3 Å². The summed E-state index contributed by atoms with van der Waals surface area (Å²) in [6.45, 7) is 5.18. The number of esters is 1. The van der Waals surface area contributed by atoms with E-state index in [0.29, 0.717) is 25.4 Å². The average Bonchev–Trinajstić information content (AvgIpc) is 2.85. The molecule has 104 valence electrons. The molecule has 1 fully saturated rings. The molecule has 19 heavy (non-hydrogen) atoms. The minimum absolute atomic E-state index is 0.0849. The van der Waals surface area contributed by atoms with E-state index in [0.717, 1.165) is 17.8 Å². The second-order valence-corrected chi connectivity index (χ2v) is 5.66. The Morgan fingerprint density at radius 2 is 2.37 bits per heavy atom. The Hall–Kier alpha value is -1.43. The standard InChI is InChI=1S/C13H18N2O3S/c1-3-18-13(17)10-5-4-6-15(7-10)12(16)11-8-19-9(2)14-11/h8,10H,3-7H2,1-2H3. The summed E-state index contributed by atoms with van der Waals surface area (Å²) in [5.74, 6) is -0.481. The fourth-order valence-corrected chi connectivity index (χ4v) is 2.82. The van der Waals surface area contributed by atoms with E-state index < -0.39 is 0 Å². The third-order valence-electron chi connectivity index (χ3n) is 3.17. The van der Waals surface area contributed by atoms with E-state index in [1.54, 1.807) is 17.2 Å². The van der Waals surface area contributed by atoms with Crippen LogP contribution in [0.2, 0.25) is 0 Å². The highest BCUT2D eigenvalue weighted by Gasteiger charge is 2.30. The largest absolute Gasteiger partial charge is 0.466 e. The zero-order chi connectivity index (χ0) is 13.8. The number of piperidine rings is 1. The molecule has 0 saturated carbocycles. The van der Waals surface area contributed by atoms with Gasteiger partial charge in [0.1, 0.15) is 5.69 Å². The summed E-state index contributed by atoms with van der Waals surface area (Å²) in [5, 5.41) is 2.65. The van der Waals surface area contributed by atoms with Crippen LogP contribution in [0.4, 0.5) is 0 Å². The maximum Gasteiger partial charge on any atom is 0.310 e. The Morgan fingerprint density at radius 1 is 1.58 bits per heavy atom. The van der Waals surface area contributed by atoms with Gasteiger partial charge < -0.3 is 9.64 Å². The molecule has 1 atom stereocenters. The Balaban J connectivity index is 2.01. The number of aromatic nitrogens is 1. The first-order chi connectivity index (χ1) is 9.11. The summed E-state index contributed by atoms with van der Waals surface area (Å²) >= 11 is 1.46. The van der Waals surface area contributed by atoms with Crippen LogP contribution in [-0.4, -0.2) is 41.5 Å². The van der Waals surface area contributed by atoms with Crippen molar-refractivity contribution >= 4 is 23.2 Å². The van der Waals surface area contributed by atoms with Gasteiger partial charge in [-0.2, -0.15) is 0 Å². The molecule has 2 rings (SSSR count). The quantitative estimate of drug-likeness (QED) is 0.794. The van der Waals surface area contributed by atoms with Crippen molar-refractivity contribution in [3.05, 3.63) is 16.1 Å². The molecule has 1 unspecified atom stereocenters. The van der Waals surface area contributed by atoms with Crippen LogP contribution in [0.25, 0.3) is 0 Å². The summed E-state index contributed by atoms with van der Waals surface area (Å²) < 4.78 is 5.03. The molecule has 0 N–H and O–H groups in total. The molecular formula is C13H18N2O3S. The molecule has 1 saturated heterocycles. The van der Waals surface area contributed by atoms with E-state index in [4.69, 9.17) is 4.74 Å². The van der Waals surface area contributed by atoms with Gasteiger partial charge in [0.2, 0.25) is 0 Å². The monoisotopic (exact) mass is 282 g/mol. The summed E-state index contributed by atoms with van der Waals surface area (Å²) in [6, 6.07) is 0. The highest BCUT2D eigenvalue weighted by molar-refractivity contribution is 7.09. The minimum atomic E-state index is -0.200. The number of ether oxygens (including phenoxy) is 1. The Kier molecular flexibility index (Phi) is 4.52. The maximum absolute atomic E-state index is 12.3. The van der Waals surface area contributed by atoms with Crippen LogP contribution in [0.3, 0.4) is 0 Å². The van der Waals surface area contributed by atoms with Gasteiger partial charge in [-0.25, -0.2) is 4.98 Å². The smallest absolute Gasteiger partial charge is 0.310 e. The molecule has 1 aromatic rings. The van der Waals surface area contributed by atoms with Crippen molar-refractivity contribution in [3.8, 4) is 0 Å². The van der Waals surface area contributed by atoms with E-state index >= 15 is 0 Å². The molecule has 1 amide bonds. The lowest BCUT2D eigenvalue weighted by Crippen LogP contribution is -2.42. The van der Waals surface area contributed by atoms with Crippen molar-refractivity contribution in [2.75, 3.05) is 19.7 Å². The summed E-state index contributed by atoms with van der Waals surface area (Å²) in [6.07, 6.45) is 1.62. The van der Waals surface area contributed by atoms with Gasteiger partial charge in [-0.3, -0.25) is 9.59 Å². The number of carbonyl (C=O) groups is 2. The van der Waals surface area contributed by atoms with Gasteiger partial charge in [0.15, 0.2) is 0 Å². The number of amides is 1. The van der Waals surface area contributed by atoms with Crippen molar-refractivity contribution in [1.82, 2.24) is 9.88 Å². The van der Waals surface area contributed by atoms with Crippen LogP contribution in [0.1, 0.15) is 35.3 Å². The number of rotatable bonds is 3. The fourth-order valence-electron chi connectivity index (χ4n) is 2.24. The molecule has 0 aromatic carbocycles. The minimum Gasteiger partial charge on any atom is -0.466 e. The van der Waals surface area contributed by atoms with Crippen molar-refractivity contribution in [2.24, 2.45) is 5.92 Å². The number of carbonyl (C=O) groups excluding carboxylic acids is 2. The molecule has 0 aliphatic carbocycles. The van der Waals surface area contributed by atoms with Crippen LogP contribution >= 0.6 is 11.3 Å². The van der Waals surface area contributed by atoms with Gasteiger partial charge in [-0.15, -0.1) is 11.3 Å². The number of hydrogen-bond acceptors (Lipinski definition) is 5. The molecule has 0 spiro atoms. The first-order valence-corrected chi connectivity index (χ1v) is 7.37. The maximum atomic E-state index is 12.3. The summed E-state index contributed by atoms with van der Waals surface area (Å²) in [4.78, 5) is 29.9. The lowest BCUT2D eigenvalue weighted by atomic mass is 9.98. The van der Waals surface area contributed by atoms with Gasteiger partial charge in [0, 0.05) is 18.5 Å². The third kappa shape index (κ3) is 3.32. The Bertz CT molecular complexity index is 472. The molecular weight excluding hydrogens is 264 g/mol. The van der Waals surface area contributed by atoms with Crippen molar-refractivity contribution in [2.45, 2.75) is 26.7 Å². The topological polar surface area (TPSA) is 59.5 Å². The molecule has 0 bridgehead atoms. The highest BCUT2D eigenvalue weighted by Crippen LogP contribution is 2.20.